The third kappa shape index (κ3) is 5.42. The zero-order chi connectivity index (χ0) is 23.6. The van der Waals surface area contributed by atoms with Gasteiger partial charge < -0.3 is 9.64 Å². The van der Waals surface area contributed by atoms with Gasteiger partial charge in [0.15, 0.2) is 5.82 Å². The molecule has 3 aromatic rings. The van der Waals surface area contributed by atoms with Crippen LogP contribution in [0.2, 0.25) is 0 Å². The van der Waals surface area contributed by atoms with Crippen molar-refractivity contribution in [3.8, 4) is 17.0 Å². The molecule has 0 bridgehead atoms. The van der Waals surface area contributed by atoms with Gasteiger partial charge in [0.2, 0.25) is 10.0 Å². The predicted octanol–water partition coefficient (Wildman–Crippen LogP) is 3.86. The SMILES string of the molecule is Cc1ccc(-c2ccc(N3CCN(S(=O)(=O)c4ccc(OC(F)(F)F)cc4)CC3)nn2)cc1. The summed E-state index contributed by atoms with van der Waals surface area (Å²) in [7, 11) is -3.84. The summed E-state index contributed by atoms with van der Waals surface area (Å²) < 4.78 is 67.7. The largest absolute Gasteiger partial charge is 0.573 e. The van der Waals surface area contributed by atoms with E-state index >= 15 is 0 Å². The maximum atomic E-state index is 12.9. The maximum absolute atomic E-state index is 12.9. The highest BCUT2D eigenvalue weighted by molar-refractivity contribution is 7.89. The van der Waals surface area contributed by atoms with Crippen LogP contribution in [0.3, 0.4) is 0 Å². The summed E-state index contributed by atoms with van der Waals surface area (Å²) in [5, 5.41) is 8.57. The van der Waals surface area contributed by atoms with Crippen molar-refractivity contribution in [1.29, 1.82) is 0 Å². The number of aromatic nitrogens is 2. The van der Waals surface area contributed by atoms with E-state index < -0.39 is 22.1 Å². The Morgan fingerprint density at radius 1 is 0.848 bits per heavy atom. The average Bonchev–Trinajstić information content (AvgIpc) is 2.79. The fourth-order valence-corrected chi connectivity index (χ4v) is 4.91. The van der Waals surface area contributed by atoms with Gasteiger partial charge in [0, 0.05) is 31.7 Å². The Hall–Kier alpha value is -3.18. The van der Waals surface area contributed by atoms with Crippen molar-refractivity contribution in [2.45, 2.75) is 18.2 Å². The second-order valence-corrected chi connectivity index (χ2v) is 9.49. The molecule has 0 saturated carbocycles. The summed E-state index contributed by atoms with van der Waals surface area (Å²) >= 11 is 0. The number of sulfonamides is 1. The Balaban J connectivity index is 1.39. The highest BCUT2D eigenvalue weighted by Crippen LogP contribution is 2.26. The first-order chi connectivity index (χ1) is 15.6. The molecule has 0 atom stereocenters. The molecule has 1 aliphatic rings. The molecule has 174 valence electrons. The Bertz CT molecular complexity index is 1190. The quantitative estimate of drug-likeness (QED) is 0.555. The number of hydrogen-bond acceptors (Lipinski definition) is 6. The van der Waals surface area contributed by atoms with Gasteiger partial charge in [-0.15, -0.1) is 23.4 Å². The summed E-state index contributed by atoms with van der Waals surface area (Å²) in [6.45, 7) is 3.25. The smallest absolute Gasteiger partial charge is 0.406 e. The molecular formula is C22H21F3N4O3S. The number of alkyl halides is 3. The molecule has 1 saturated heterocycles. The van der Waals surface area contributed by atoms with E-state index in [0.717, 1.165) is 41.1 Å². The van der Waals surface area contributed by atoms with Crippen LogP contribution in [0.25, 0.3) is 11.3 Å². The lowest BCUT2D eigenvalue weighted by atomic mass is 10.1. The lowest BCUT2D eigenvalue weighted by Gasteiger charge is -2.34. The van der Waals surface area contributed by atoms with Gasteiger partial charge in [0.1, 0.15) is 5.75 Å². The van der Waals surface area contributed by atoms with Gasteiger partial charge in [-0.1, -0.05) is 29.8 Å². The summed E-state index contributed by atoms with van der Waals surface area (Å²) in [6.07, 6.45) is -4.84. The van der Waals surface area contributed by atoms with E-state index in [1.807, 2.05) is 48.2 Å². The molecule has 2 heterocycles. The van der Waals surface area contributed by atoms with Gasteiger partial charge in [-0.25, -0.2) is 8.42 Å². The van der Waals surface area contributed by atoms with E-state index in [4.69, 9.17) is 0 Å². The lowest BCUT2D eigenvalue weighted by Crippen LogP contribution is -2.49. The van der Waals surface area contributed by atoms with Crippen molar-refractivity contribution in [3.05, 3.63) is 66.2 Å². The molecule has 2 aromatic carbocycles. The normalized spacial score (nSPS) is 15.5. The number of piperazine rings is 1. The number of nitrogens with zero attached hydrogens (tertiary/aromatic N) is 4. The van der Waals surface area contributed by atoms with Crippen LogP contribution in [0.4, 0.5) is 19.0 Å². The Kier molecular flexibility index (Phi) is 6.26. The van der Waals surface area contributed by atoms with Gasteiger partial charge >= 0.3 is 6.36 Å². The molecule has 0 amide bonds. The molecule has 33 heavy (non-hydrogen) atoms. The fraction of sp³-hybridized carbons (Fsp3) is 0.273. The van der Waals surface area contributed by atoms with Crippen LogP contribution in [0, 0.1) is 6.92 Å². The number of anilines is 1. The highest BCUT2D eigenvalue weighted by Gasteiger charge is 2.32. The van der Waals surface area contributed by atoms with Crippen LogP contribution in [-0.4, -0.2) is 55.5 Å². The molecule has 4 rings (SSSR count). The van der Waals surface area contributed by atoms with Crippen molar-refractivity contribution in [2.75, 3.05) is 31.1 Å². The fourth-order valence-electron chi connectivity index (χ4n) is 3.49. The zero-order valence-electron chi connectivity index (χ0n) is 17.7. The monoisotopic (exact) mass is 478 g/mol. The van der Waals surface area contributed by atoms with Crippen molar-refractivity contribution in [2.24, 2.45) is 0 Å². The second kappa shape index (κ2) is 8.99. The zero-order valence-corrected chi connectivity index (χ0v) is 18.5. The molecule has 1 fully saturated rings. The molecule has 0 radical (unpaired) electrons. The van der Waals surface area contributed by atoms with Gasteiger partial charge in [-0.2, -0.15) is 4.31 Å². The number of aryl methyl sites for hydroxylation is 1. The molecular weight excluding hydrogens is 457 g/mol. The molecule has 11 heteroatoms. The van der Waals surface area contributed by atoms with Crippen LogP contribution in [0.15, 0.2) is 65.6 Å². The second-order valence-electron chi connectivity index (χ2n) is 7.55. The maximum Gasteiger partial charge on any atom is 0.573 e. The number of halogens is 3. The van der Waals surface area contributed by atoms with Crippen LogP contribution in [0.1, 0.15) is 5.56 Å². The minimum Gasteiger partial charge on any atom is -0.406 e. The molecule has 0 unspecified atom stereocenters. The van der Waals surface area contributed by atoms with Crippen LogP contribution in [-0.2, 0) is 10.0 Å². The number of ether oxygens (including phenoxy) is 1. The van der Waals surface area contributed by atoms with Crippen molar-refractivity contribution in [3.63, 3.8) is 0 Å². The summed E-state index contributed by atoms with van der Waals surface area (Å²) in [5.41, 5.74) is 2.86. The third-order valence-corrected chi connectivity index (χ3v) is 7.17. The molecule has 0 spiro atoms. The molecule has 0 N–H and O–H groups in total. The standard InChI is InChI=1S/C22H21F3N4O3S/c1-16-2-4-17(5-3-16)20-10-11-21(27-26-20)28-12-14-29(15-13-28)33(30,31)19-8-6-18(7-9-19)32-22(23,24)25/h2-11H,12-15H2,1H3. The lowest BCUT2D eigenvalue weighted by molar-refractivity contribution is -0.274. The Labute approximate surface area is 189 Å². The summed E-state index contributed by atoms with van der Waals surface area (Å²) in [6, 6.07) is 15.9. The van der Waals surface area contributed by atoms with E-state index in [1.165, 1.54) is 4.31 Å². The highest BCUT2D eigenvalue weighted by atomic mass is 32.2. The predicted molar refractivity (Wildman–Crippen MR) is 116 cm³/mol. The minimum atomic E-state index is -4.84. The van der Waals surface area contributed by atoms with Gasteiger partial charge in [0.25, 0.3) is 0 Å². The third-order valence-electron chi connectivity index (χ3n) is 5.26. The van der Waals surface area contributed by atoms with E-state index in [0.29, 0.717) is 18.9 Å². The van der Waals surface area contributed by atoms with Crippen molar-refractivity contribution in [1.82, 2.24) is 14.5 Å². The van der Waals surface area contributed by atoms with Crippen molar-refractivity contribution < 1.29 is 26.3 Å². The number of rotatable bonds is 5. The van der Waals surface area contributed by atoms with Crippen molar-refractivity contribution >= 4 is 15.8 Å². The van der Waals surface area contributed by atoms with Crippen LogP contribution >= 0.6 is 0 Å². The Morgan fingerprint density at radius 2 is 1.48 bits per heavy atom. The molecule has 1 aromatic heterocycles. The van der Waals surface area contributed by atoms with E-state index in [1.54, 1.807) is 0 Å². The van der Waals surface area contributed by atoms with Gasteiger partial charge in [0.05, 0.1) is 10.6 Å². The van der Waals surface area contributed by atoms with Gasteiger partial charge in [-0.3, -0.25) is 0 Å². The topological polar surface area (TPSA) is 75.6 Å². The van der Waals surface area contributed by atoms with E-state index in [-0.39, 0.29) is 18.0 Å². The Morgan fingerprint density at radius 3 is 2.03 bits per heavy atom. The average molecular weight is 478 g/mol. The first kappa shape index (κ1) is 23.0. The summed E-state index contributed by atoms with van der Waals surface area (Å²) in [5.74, 6) is 0.176. The first-order valence-electron chi connectivity index (χ1n) is 10.1. The minimum absolute atomic E-state index is 0.0901. The molecule has 0 aliphatic carbocycles. The number of hydrogen-bond donors (Lipinski definition) is 0. The number of benzene rings is 2. The summed E-state index contributed by atoms with van der Waals surface area (Å²) in [4.78, 5) is 1.85. The van der Waals surface area contributed by atoms with E-state index in [9.17, 15) is 21.6 Å². The van der Waals surface area contributed by atoms with Crippen LogP contribution < -0.4 is 9.64 Å². The van der Waals surface area contributed by atoms with Crippen LogP contribution in [0.5, 0.6) is 5.75 Å². The molecule has 7 nitrogen and oxygen atoms in total. The van der Waals surface area contributed by atoms with E-state index in [2.05, 4.69) is 14.9 Å². The van der Waals surface area contributed by atoms with Gasteiger partial charge in [-0.05, 0) is 43.3 Å². The molecule has 1 aliphatic heterocycles. The first-order valence-corrected chi connectivity index (χ1v) is 11.6.